The molecule has 0 bridgehead atoms. The maximum atomic E-state index is 13.8. The predicted molar refractivity (Wildman–Crippen MR) is 133 cm³/mol. The van der Waals surface area contributed by atoms with Gasteiger partial charge in [-0.1, -0.05) is 47.0 Å². The molecule has 10 heteroatoms. The van der Waals surface area contributed by atoms with Gasteiger partial charge < -0.3 is 10.2 Å². The Morgan fingerprint density at radius 3 is 2.44 bits per heavy atom. The van der Waals surface area contributed by atoms with Crippen molar-refractivity contribution in [2.45, 2.75) is 51.2 Å². The largest absolute Gasteiger partial charge is 0.352 e. The molecule has 1 fully saturated rings. The molecule has 1 saturated carbocycles. The number of sulfonamides is 1. The number of nitrogens with zero attached hydrogens (tertiary/aromatic N) is 2. The Morgan fingerprint density at radius 2 is 1.82 bits per heavy atom. The zero-order valence-electron chi connectivity index (χ0n) is 19.2. The maximum Gasteiger partial charge on any atom is 0.244 e. The zero-order valence-corrected chi connectivity index (χ0v) is 21.6. The van der Waals surface area contributed by atoms with Crippen molar-refractivity contribution >= 4 is 43.5 Å². The summed E-state index contributed by atoms with van der Waals surface area (Å²) in [6.07, 6.45) is 4.87. The predicted octanol–water partition coefficient (Wildman–Crippen LogP) is 3.83. The number of hydrogen-bond acceptors (Lipinski definition) is 4. The van der Waals surface area contributed by atoms with E-state index in [1.54, 1.807) is 6.92 Å². The SMILES string of the molecule is C[C@@H](C(=O)NC1CCCC1)N(Cc1cccc(Br)c1)C(=O)CN(c1cccc(F)c1)S(C)(=O)=O. The van der Waals surface area contributed by atoms with E-state index in [9.17, 15) is 22.4 Å². The van der Waals surface area contributed by atoms with Crippen molar-refractivity contribution in [1.29, 1.82) is 0 Å². The molecule has 2 amide bonds. The summed E-state index contributed by atoms with van der Waals surface area (Å²) < 4.78 is 40.4. The lowest BCUT2D eigenvalue weighted by molar-refractivity contribution is -0.139. The Bertz CT molecular complexity index is 1140. The van der Waals surface area contributed by atoms with Crippen LogP contribution in [0, 0.1) is 5.82 Å². The number of amides is 2. The van der Waals surface area contributed by atoms with Crippen LogP contribution < -0.4 is 9.62 Å². The Labute approximate surface area is 208 Å². The molecule has 2 aromatic rings. The van der Waals surface area contributed by atoms with Gasteiger partial charge in [-0.15, -0.1) is 0 Å². The maximum absolute atomic E-state index is 13.8. The molecule has 0 aromatic heterocycles. The Balaban J connectivity index is 1.88. The number of carbonyl (C=O) groups is 2. The van der Waals surface area contributed by atoms with Gasteiger partial charge in [0.05, 0.1) is 11.9 Å². The van der Waals surface area contributed by atoms with Crippen LogP contribution in [0.3, 0.4) is 0 Å². The van der Waals surface area contributed by atoms with Crippen LogP contribution in [0.15, 0.2) is 53.0 Å². The minimum absolute atomic E-state index is 0.0429. The average Bonchev–Trinajstić information content (AvgIpc) is 3.27. The summed E-state index contributed by atoms with van der Waals surface area (Å²) in [6, 6.07) is 11.6. The summed E-state index contributed by atoms with van der Waals surface area (Å²) >= 11 is 3.41. The molecular weight excluding hydrogens is 525 g/mol. The first-order valence-electron chi connectivity index (χ1n) is 11.1. The number of nitrogens with one attached hydrogen (secondary N) is 1. The molecule has 0 unspecified atom stereocenters. The summed E-state index contributed by atoms with van der Waals surface area (Å²) in [5.41, 5.74) is 0.821. The number of benzene rings is 2. The fourth-order valence-electron chi connectivity index (χ4n) is 4.05. The molecule has 184 valence electrons. The van der Waals surface area contributed by atoms with Crippen LogP contribution >= 0.6 is 15.9 Å². The summed E-state index contributed by atoms with van der Waals surface area (Å²) in [6.45, 7) is 1.18. The van der Waals surface area contributed by atoms with Gasteiger partial charge in [0.25, 0.3) is 0 Å². The van der Waals surface area contributed by atoms with Crippen LogP contribution in [-0.2, 0) is 26.2 Å². The van der Waals surface area contributed by atoms with Gasteiger partial charge in [-0.2, -0.15) is 0 Å². The number of anilines is 1. The van der Waals surface area contributed by atoms with E-state index in [1.807, 2.05) is 24.3 Å². The number of carbonyl (C=O) groups excluding carboxylic acids is 2. The van der Waals surface area contributed by atoms with Crippen LogP contribution in [0.25, 0.3) is 0 Å². The number of halogens is 2. The van der Waals surface area contributed by atoms with E-state index in [2.05, 4.69) is 21.2 Å². The van der Waals surface area contributed by atoms with E-state index in [0.717, 1.165) is 52.3 Å². The third-order valence-corrected chi connectivity index (χ3v) is 7.52. The normalized spacial score (nSPS) is 15.1. The summed E-state index contributed by atoms with van der Waals surface area (Å²) in [5.74, 6) is -1.47. The fourth-order valence-corrected chi connectivity index (χ4v) is 5.34. The van der Waals surface area contributed by atoms with Gasteiger partial charge in [0.15, 0.2) is 0 Å². The van der Waals surface area contributed by atoms with Gasteiger partial charge in [-0.05, 0) is 55.7 Å². The highest BCUT2D eigenvalue weighted by atomic mass is 79.9. The minimum atomic E-state index is -3.90. The van der Waals surface area contributed by atoms with Crippen molar-refractivity contribution in [2.24, 2.45) is 0 Å². The van der Waals surface area contributed by atoms with Gasteiger partial charge in [-0.25, -0.2) is 12.8 Å². The first-order valence-corrected chi connectivity index (χ1v) is 13.8. The van der Waals surface area contributed by atoms with Gasteiger partial charge >= 0.3 is 0 Å². The van der Waals surface area contributed by atoms with Gasteiger partial charge in [0.1, 0.15) is 18.4 Å². The van der Waals surface area contributed by atoms with E-state index in [-0.39, 0.29) is 24.2 Å². The lowest BCUT2D eigenvalue weighted by Gasteiger charge is -2.32. The molecule has 0 radical (unpaired) electrons. The second-order valence-electron chi connectivity index (χ2n) is 8.57. The Hall–Kier alpha value is -2.46. The standard InChI is InChI=1S/C24H29BrFN3O4S/c1-17(24(31)27-21-10-3-4-11-21)28(15-18-7-5-8-19(25)13-18)23(30)16-29(34(2,32)33)22-12-6-9-20(26)14-22/h5-9,12-14,17,21H,3-4,10-11,15-16H2,1-2H3,(H,27,31)/t17-/m0/s1. The van der Waals surface area contributed by atoms with Gasteiger partial charge in [0, 0.05) is 17.1 Å². The molecule has 1 aliphatic carbocycles. The molecule has 0 heterocycles. The Kier molecular flexibility index (Phi) is 8.70. The van der Waals surface area contributed by atoms with E-state index in [1.165, 1.54) is 23.1 Å². The smallest absolute Gasteiger partial charge is 0.244 e. The summed E-state index contributed by atoms with van der Waals surface area (Å²) in [7, 11) is -3.90. The average molecular weight is 554 g/mol. The zero-order chi connectivity index (χ0) is 24.9. The van der Waals surface area contributed by atoms with E-state index in [0.29, 0.717) is 0 Å². The third-order valence-electron chi connectivity index (χ3n) is 5.89. The fraction of sp³-hybridized carbons (Fsp3) is 0.417. The van der Waals surface area contributed by atoms with Crippen molar-refractivity contribution in [1.82, 2.24) is 10.2 Å². The molecule has 34 heavy (non-hydrogen) atoms. The number of hydrogen-bond donors (Lipinski definition) is 1. The van der Waals surface area contributed by atoms with E-state index >= 15 is 0 Å². The second-order valence-corrected chi connectivity index (χ2v) is 11.4. The summed E-state index contributed by atoms with van der Waals surface area (Å²) in [5, 5.41) is 3.01. The van der Waals surface area contributed by atoms with Crippen LogP contribution in [-0.4, -0.2) is 50.0 Å². The number of rotatable bonds is 9. The molecule has 7 nitrogen and oxygen atoms in total. The molecule has 2 aromatic carbocycles. The molecule has 3 rings (SSSR count). The Morgan fingerprint density at radius 1 is 1.15 bits per heavy atom. The topological polar surface area (TPSA) is 86.8 Å². The summed E-state index contributed by atoms with van der Waals surface area (Å²) in [4.78, 5) is 27.8. The molecule has 1 aliphatic rings. The van der Waals surface area contributed by atoms with Gasteiger partial charge in [0.2, 0.25) is 21.8 Å². The highest BCUT2D eigenvalue weighted by molar-refractivity contribution is 9.10. The van der Waals surface area contributed by atoms with Crippen molar-refractivity contribution in [2.75, 3.05) is 17.1 Å². The monoisotopic (exact) mass is 553 g/mol. The molecule has 0 spiro atoms. The highest BCUT2D eigenvalue weighted by Crippen LogP contribution is 2.22. The van der Waals surface area contributed by atoms with Crippen molar-refractivity contribution in [3.8, 4) is 0 Å². The van der Waals surface area contributed by atoms with Crippen LogP contribution in [0.4, 0.5) is 10.1 Å². The lowest BCUT2D eigenvalue weighted by atomic mass is 10.1. The minimum Gasteiger partial charge on any atom is -0.352 e. The van der Waals surface area contributed by atoms with Crippen LogP contribution in [0.2, 0.25) is 0 Å². The lowest BCUT2D eigenvalue weighted by Crippen LogP contribution is -2.52. The van der Waals surface area contributed by atoms with E-state index < -0.39 is 34.3 Å². The van der Waals surface area contributed by atoms with Crippen LogP contribution in [0.1, 0.15) is 38.2 Å². The quantitative estimate of drug-likeness (QED) is 0.511. The second kappa shape index (κ2) is 11.3. The first-order chi connectivity index (χ1) is 16.0. The molecule has 0 saturated heterocycles. The highest BCUT2D eigenvalue weighted by Gasteiger charge is 2.31. The van der Waals surface area contributed by atoms with Crippen LogP contribution in [0.5, 0.6) is 0 Å². The van der Waals surface area contributed by atoms with Crippen molar-refractivity contribution < 1.29 is 22.4 Å². The molecule has 0 aliphatic heterocycles. The van der Waals surface area contributed by atoms with Gasteiger partial charge in [-0.3, -0.25) is 13.9 Å². The molecule has 1 N–H and O–H groups in total. The third kappa shape index (κ3) is 7.02. The van der Waals surface area contributed by atoms with Crippen molar-refractivity contribution in [3.63, 3.8) is 0 Å². The van der Waals surface area contributed by atoms with Crippen molar-refractivity contribution in [3.05, 3.63) is 64.4 Å². The first kappa shape index (κ1) is 26.2. The molecular formula is C24H29BrFN3O4S. The molecule has 1 atom stereocenters. The van der Waals surface area contributed by atoms with E-state index in [4.69, 9.17) is 0 Å².